The fraction of sp³-hybridized carbons (Fsp3) is 0.0323. The third-order valence-corrected chi connectivity index (χ3v) is 8.99. The van der Waals surface area contributed by atoms with E-state index in [4.69, 9.17) is 0 Å². The van der Waals surface area contributed by atoms with Crippen molar-refractivity contribution in [2.45, 2.75) is 6.42 Å². The van der Waals surface area contributed by atoms with Crippen LogP contribution in [0.15, 0.2) is 103 Å². The molecule has 0 radical (unpaired) electrons. The number of anilines is 3. The van der Waals surface area contributed by atoms with E-state index in [2.05, 4.69) is 65.6 Å². The van der Waals surface area contributed by atoms with Crippen LogP contribution in [0, 0.1) is 0 Å². The summed E-state index contributed by atoms with van der Waals surface area (Å²) in [5, 5.41) is 1.82. The first kappa shape index (κ1) is 20.4. The summed E-state index contributed by atoms with van der Waals surface area (Å²) >= 11 is -0.0397. The number of Topliss-reactive ketones (excluding diaryl/α,β-unsaturated/α-hetero) is 2. The molecule has 1 aliphatic carbocycles. The third kappa shape index (κ3) is 3.11. The predicted molar refractivity (Wildman–Crippen MR) is 141 cm³/mol. The number of carbonyl (C=O) groups is 2. The maximum atomic E-state index is 13.4. The molecular formula is C31H19NO2Se. The molecule has 3 nitrogen and oxygen atoms in total. The Bertz CT molecular complexity index is 1680. The molecule has 0 amide bonds. The molecule has 7 rings (SSSR count). The van der Waals surface area contributed by atoms with Crippen molar-refractivity contribution in [3.05, 3.63) is 129 Å². The van der Waals surface area contributed by atoms with Gasteiger partial charge in [-0.3, -0.25) is 0 Å². The van der Waals surface area contributed by atoms with Gasteiger partial charge >= 0.3 is 209 Å². The van der Waals surface area contributed by atoms with Crippen molar-refractivity contribution in [3.63, 3.8) is 0 Å². The zero-order valence-corrected chi connectivity index (χ0v) is 20.4. The van der Waals surface area contributed by atoms with Gasteiger partial charge in [0.05, 0.1) is 0 Å². The summed E-state index contributed by atoms with van der Waals surface area (Å²) in [6, 6.07) is 32.7. The molecule has 0 saturated carbocycles. The molecule has 1 aliphatic heterocycles. The zero-order valence-electron chi connectivity index (χ0n) is 18.7. The molecule has 0 unspecified atom stereocenters. The average Bonchev–Trinajstić information content (AvgIpc) is 3.45. The Morgan fingerprint density at radius 3 is 2.14 bits per heavy atom. The topological polar surface area (TPSA) is 37.4 Å². The molecule has 0 bridgehead atoms. The molecule has 5 aromatic rings. The minimum atomic E-state index is -0.172. The number of allylic oxidation sites excluding steroid dienone is 1. The number of para-hydroxylation sites is 2. The van der Waals surface area contributed by atoms with E-state index < -0.39 is 0 Å². The summed E-state index contributed by atoms with van der Waals surface area (Å²) in [6.45, 7) is 0. The summed E-state index contributed by atoms with van der Waals surface area (Å²) in [4.78, 5) is 28.9. The Labute approximate surface area is 208 Å². The van der Waals surface area contributed by atoms with Crippen molar-refractivity contribution in [1.29, 1.82) is 0 Å². The first-order valence-electron chi connectivity index (χ1n) is 11.6. The number of hydrogen-bond donors (Lipinski definition) is 0. The van der Waals surface area contributed by atoms with Gasteiger partial charge in [0.2, 0.25) is 0 Å². The second kappa shape index (κ2) is 7.78. The predicted octanol–water partition coefficient (Wildman–Crippen LogP) is 6.73. The van der Waals surface area contributed by atoms with Gasteiger partial charge in [-0.05, 0) is 0 Å². The molecule has 2 heterocycles. The number of benzene rings is 4. The van der Waals surface area contributed by atoms with Crippen molar-refractivity contribution in [2.24, 2.45) is 0 Å². The standard InChI is InChI=1S/C31H19NO2Se/c33-30-24-15-13-19-7-1-4-10-23(19)29(24)31(34)25(30)18-22-14-16-28(35-22)32-26-11-5-2-8-20(26)17-21-9-3-6-12-27(21)32/h1-16,18H,17H2/b25-18+. The number of ketones is 2. The van der Waals surface area contributed by atoms with Gasteiger partial charge in [0.1, 0.15) is 0 Å². The molecule has 0 fully saturated rings. The van der Waals surface area contributed by atoms with Gasteiger partial charge in [-0.2, -0.15) is 0 Å². The van der Waals surface area contributed by atoms with Crippen LogP contribution in [-0.2, 0) is 6.42 Å². The van der Waals surface area contributed by atoms with Crippen LogP contribution < -0.4 is 4.90 Å². The second-order valence-electron chi connectivity index (χ2n) is 8.87. The van der Waals surface area contributed by atoms with E-state index in [1.165, 1.54) is 27.1 Å². The summed E-state index contributed by atoms with van der Waals surface area (Å²) in [6.07, 6.45) is 2.74. The van der Waals surface area contributed by atoms with Crippen molar-refractivity contribution in [3.8, 4) is 0 Å². The van der Waals surface area contributed by atoms with Crippen LogP contribution in [0.5, 0.6) is 0 Å². The zero-order chi connectivity index (χ0) is 23.5. The quantitative estimate of drug-likeness (QED) is 0.145. The van der Waals surface area contributed by atoms with Crippen LogP contribution in [0.25, 0.3) is 16.8 Å². The van der Waals surface area contributed by atoms with Crippen molar-refractivity contribution in [2.75, 3.05) is 4.90 Å². The van der Waals surface area contributed by atoms with E-state index in [1.54, 1.807) is 6.07 Å². The molecule has 4 aromatic carbocycles. The van der Waals surface area contributed by atoms with Gasteiger partial charge < -0.3 is 0 Å². The fourth-order valence-corrected chi connectivity index (χ4v) is 7.28. The number of fused-ring (bicyclic) bond motifs is 5. The molecule has 0 atom stereocenters. The maximum absolute atomic E-state index is 13.4. The van der Waals surface area contributed by atoms with E-state index in [0.717, 1.165) is 21.6 Å². The number of nitrogens with zero attached hydrogens (tertiary/aromatic N) is 1. The van der Waals surface area contributed by atoms with Crippen LogP contribution >= 0.6 is 0 Å². The summed E-state index contributed by atoms with van der Waals surface area (Å²) in [5.41, 5.74) is 6.34. The fourth-order valence-electron chi connectivity index (χ4n) is 5.23. The first-order chi connectivity index (χ1) is 17.2. The summed E-state index contributed by atoms with van der Waals surface area (Å²) < 4.78 is 2.23. The van der Waals surface area contributed by atoms with Gasteiger partial charge in [0.15, 0.2) is 0 Å². The van der Waals surface area contributed by atoms with E-state index in [0.29, 0.717) is 11.1 Å². The normalized spacial score (nSPS) is 15.4. The van der Waals surface area contributed by atoms with Gasteiger partial charge in [-0.1, -0.05) is 0 Å². The number of hydrogen-bond acceptors (Lipinski definition) is 3. The van der Waals surface area contributed by atoms with Crippen LogP contribution in [0.3, 0.4) is 0 Å². The first-order valence-corrected chi connectivity index (χ1v) is 13.3. The average molecular weight is 516 g/mol. The van der Waals surface area contributed by atoms with Crippen LogP contribution in [0.4, 0.5) is 15.9 Å². The summed E-state index contributed by atoms with van der Waals surface area (Å²) in [5.74, 6) is -0.338. The van der Waals surface area contributed by atoms with Crippen LogP contribution in [0.2, 0.25) is 0 Å². The summed E-state index contributed by atoms with van der Waals surface area (Å²) in [7, 11) is 0. The Morgan fingerprint density at radius 2 is 1.37 bits per heavy atom. The Morgan fingerprint density at radius 1 is 0.686 bits per heavy atom. The van der Waals surface area contributed by atoms with Gasteiger partial charge in [0, 0.05) is 0 Å². The van der Waals surface area contributed by atoms with Crippen molar-refractivity contribution in [1.82, 2.24) is 0 Å². The molecule has 35 heavy (non-hydrogen) atoms. The van der Waals surface area contributed by atoms with Crippen LogP contribution in [-0.4, -0.2) is 26.1 Å². The van der Waals surface area contributed by atoms with Crippen molar-refractivity contribution < 1.29 is 9.59 Å². The second-order valence-corrected chi connectivity index (χ2v) is 11.2. The Hall–Kier alpha value is -3.98. The van der Waals surface area contributed by atoms with E-state index in [1.807, 2.05) is 36.4 Å². The molecule has 0 saturated heterocycles. The Balaban J connectivity index is 1.31. The minimum absolute atomic E-state index is 0.0397. The van der Waals surface area contributed by atoms with Gasteiger partial charge in [-0.15, -0.1) is 0 Å². The van der Waals surface area contributed by atoms with Gasteiger partial charge in [0.25, 0.3) is 0 Å². The molecular weight excluding hydrogens is 497 g/mol. The third-order valence-electron chi connectivity index (χ3n) is 6.86. The number of rotatable bonds is 2. The van der Waals surface area contributed by atoms with Crippen LogP contribution in [0.1, 0.15) is 36.3 Å². The van der Waals surface area contributed by atoms with E-state index in [9.17, 15) is 9.59 Å². The molecule has 1 aromatic heterocycles. The molecule has 0 spiro atoms. The van der Waals surface area contributed by atoms with Crippen molar-refractivity contribution >= 4 is 58.9 Å². The van der Waals surface area contributed by atoms with Gasteiger partial charge in [-0.25, -0.2) is 0 Å². The van der Waals surface area contributed by atoms with E-state index >= 15 is 0 Å². The Kier molecular flexibility index (Phi) is 4.53. The monoisotopic (exact) mass is 517 g/mol. The molecule has 0 N–H and O–H groups in total. The molecule has 2 aliphatic rings. The SMILES string of the molecule is O=C1/C(=C\c2ccc(N3c4ccccc4Cc4ccccc43)[se]2)C(=O)c2c1ccc1ccccc21. The number of carbonyl (C=O) groups excluding carboxylic acids is 2. The molecule has 4 heteroatoms. The molecule has 166 valence electrons. The van der Waals surface area contributed by atoms with E-state index in [-0.39, 0.29) is 31.6 Å².